The van der Waals surface area contributed by atoms with Gasteiger partial charge in [0, 0.05) is 6.26 Å². The number of nitrogens with zero attached hydrogens (tertiary/aromatic N) is 3. The van der Waals surface area contributed by atoms with Gasteiger partial charge in [0.05, 0.1) is 28.4 Å². The van der Waals surface area contributed by atoms with Crippen molar-refractivity contribution in [2.45, 2.75) is 62.4 Å². The standard InChI is InChI=1S/C33H35FN4O9S2/c1-32(2,3)46-31(40)35-25-19-49(43,44)27-17-24(34)23(28-36-30(47-37-28)33(4,5)48(6,41)42)16-26(27)38(29(25)39)18-20-12-14-22(15-13-20)45-21-10-8-7-9-11-21/h7-17,25H,18-19H2,1-6H3,(H,35,40)/t25-/m0/s1. The Labute approximate surface area is 283 Å². The number of hydrogen-bond donors (Lipinski definition) is 1. The van der Waals surface area contributed by atoms with Crippen LogP contribution in [-0.2, 0) is 40.5 Å². The topological polar surface area (TPSA) is 175 Å². The number of carbonyl (C=O) groups is 2. The molecule has 1 aliphatic rings. The fourth-order valence-corrected chi connectivity index (χ4v) is 6.80. The van der Waals surface area contributed by atoms with Crippen LogP contribution >= 0.6 is 0 Å². The first-order chi connectivity index (χ1) is 22.7. The van der Waals surface area contributed by atoms with Crippen LogP contribution in [0.2, 0.25) is 0 Å². The predicted octanol–water partition coefficient (Wildman–Crippen LogP) is 5.16. The number of nitrogens with one attached hydrogen (secondary N) is 1. The van der Waals surface area contributed by atoms with Crippen LogP contribution in [0.4, 0.5) is 14.9 Å². The maximum absolute atomic E-state index is 15.7. The van der Waals surface area contributed by atoms with E-state index in [0.717, 1.165) is 23.3 Å². The summed E-state index contributed by atoms with van der Waals surface area (Å²) < 4.78 is 82.6. The molecule has 16 heteroatoms. The van der Waals surface area contributed by atoms with Gasteiger partial charge in [0.1, 0.15) is 33.7 Å². The average molecular weight is 715 g/mol. The van der Waals surface area contributed by atoms with Crippen molar-refractivity contribution < 1.29 is 44.8 Å². The predicted molar refractivity (Wildman–Crippen MR) is 177 cm³/mol. The monoisotopic (exact) mass is 714 g/mol. The fourth-order valence-electron chi connectivity index (χ4n) is 4.78. The molecule has 3 aromatic carbocycles. The number of benzene rings is 3. The number of amides is 2. The largest absolute Gasteiger partial charge is 0.457 e. The van der Waals surface area contributed by atoms with E-state index in [9.17, 15) is 26.4 Å². The quantitative estimate of drug-likeness (QED) is 0.255. The summed E-state index contributed by atoms with van der Waals surface area (Å²) in [6.45, 7) is 7.30. The highest BCUT2D eigenvalue weighted by atomic mass is 32.2. The molecule has 0 bridgehead atoms. The van der Waals surface area contributed by atoms with E-state index < -0.39 is 64.5 Å². The second-order valence-corrected chi connectivity index (χ2v) is 17.5. The van der Waals surface area contributed by atoms with Crippen LogP contribution in [0.25, 0.3) is 11.4 Å². The highest BCUT2D eigenvalue weighted by Gasteiger charge is 2.42. The zero-order chi connectivity index (χ0) is 35.9. The van der Waals surface area contributed by atoms with Crippen molar-refractivity contribution >= 4 is 37.4 Å². The number of anilines is 1. The van der Waals surface area contributed by atoms with Crippen molar-refractivity contribution in [2.75, 3.05) is 16.9 Å². The molecule has 4 aromatic rings. The van der Waals surface area contributed by atoms with Gasteiger partial charge < -0.3 is 24.2 Å². The second-order valence-electron chi connectivity index (χ2n) is 13.0. The molecule has 1 atom stereocenters. The first-order valence-electron chi connectivity index (χ1n) is 15.0. The molecule has 5 rings (SSSR count). The molecular weight excluding hydrogens is 680 g/mol. The van der Waals surface area contributed by atoms with Crippen LogP contribution in [0.1, 0.15) is 46.1 Å². The van der Waals surface area contributed by atoms with Gasteiger partial charge in [0.2, 0.25) is 11.7 Å². The number of fused-ring (bicyclic) bond motifs is 1. The molecule has 0 saturated carbocycles. The molecule has 2 heterocycles. The van der Waals surface area contributed by atoms with E-state index in [1.165, 1.54) is 13.8 Å². The van der Waals surface area contributed by atoms with Crippen molar-refractivity contribution in [1.82, 2.24) is 15.5 Å². The Morgan fingerprint density at radius 3 is 2.29 bits per heavy atom. The van der Waals surface area contributed by atoms with Crippen LogP contribution in [0.15, 0.2) is 76.1 Å². The number of alkyl carbamates (subject to hydrolysis) is 1. The van der Waals surface area contributed by atoms with Gasteiger partial charge >= 0.3 is 6.09 Å². The van der Waals surface area contributed by atoms with Crippen LogP contribution in [0.5, 0.6) is 11.5 Å². The zero-order valence-electron chi connectivity index (χ0n) is 27.6. The Morgan fingerprint density at radius 2 is 1.67 bits per heavy atom. The maximum Gasteiger partial charge on any atom is 0.408 e. The van der Waals surface area contributed by atoms with Crippen molar-refractivity contribution in [3.05, 3.63) is 84.0 Å². The van der Waals surface area contributed by atoms with Gasteiger partial charge in [-0.1, -0.05) is 35.5 Å². The number of hydrogen-bond acceptors (Lipinski definition) is 11. The van der Waals surface area contributed by atoms with Crippen molar-refractivity contribution in [2.24, 2.45) is 0 Å². The van der Waals surface area contributed by atoms with E-state index in [-0.39, 0.29) is 29.5 Å². The molecule has 1 aliphatic heterocycles. The van der Waals surface area contributed by atoms with Gasteiger partial charge in [0.25, 0.3) is 5.91 Å². The number of para-hydroxylation sites is 1. The van der Waals surface area contributed by atoms with E-state index in [4.69, 9.17) is 14.0 Å². The minimum absolute atomic E-state index is 0.205. The first-order valence-corrected chi connectivity index (χ1v) is 18.5. The Bertz CT molecular complexity index is 2110. The Morgan fingerprint density at radius 1 is 1.04 bits per heavy atom. The number of ether oxygens (including phenoxy) is 2. The third kappa shape index (κ3) is 7.75. The SMILES string of the molecule is CC(C)(C)OC(=O)N[C@H]1CS(=O)(=O)c2cc(F)c(-c3noc(C(C)(C)S(C)(=O)=O)n3)cc2N(Cc2ccc(Oc3ccccc3)cc2)C1=O. The first kappa shape index (κ1) is 35.5. The summed E-state index contributed by atoms with van der Waals surface area (Å²) in [7, 11) is -8.16. The molecule has 0 saturated heterocycles. The minimum Gasteiger partial charge on any atom is -0.457 e. The molecule has 260 valence electrons. The number of aromatic nitrogens is 2. The van der Waals surface area contributed by atoms with Crippen molar-refractivity contribution in [3.8, 4) is 22.9 Å². The van der Waals surface area contributed by atoms with Crippen LogP contribution in [0.3, 0.4) is 0 Å². The number of carbonyl (C=O) groups excluding carboxylic acids is 2. The number of rotatable bonds is 8. The van der Waals surface area contributed by atoms with Gasteiger partial charge in [-0.05, 0) is 76.6 Å². The zero-order valence-corrected chi connectivity index (χ0v) is 29.2. The van der Waals surface area contributed by atoms with E-state index in [1.807, 2.05) is 18.2 Å². The molecular formula is C33H35FN4O9S2. The summed E-state index contributed by atoms with van der Waals surface area (Å²) in [4.78, 5) is 31.6. The highest BCUT2D eigenvalue weighted by Crippen LogP contribution is 2.38. The smallest absolute Gasteiger partial charge is 0.408 e. The molecule has 49 heavy (non-hydrogen) atoms. The second kappa shape index (κ2) is 12.9. The van der Waals surface area contributed by atoms with Crippen molar-refractivity contribution in [3.63, 3.8) is 0 Å². The lowest BCUT2D eigenvalue weighted by atomic mass is 10.1. The number of sulfone groups is 2. The van der Waals surface area contributed by atoms with Crippen LogP contribution in [-0.4, -0.2) is 62.6 Å². The summed E-state index contributed by atoms with van der Waals surface area (Å²) in [6, 6.07) is 16.0. The minimum atomic E-state index is -4.41. The molecule has 0 unspecified atom stereocenters. The lowest BCUT2D eigenvalue weighted by Gasteiger charge is -2.27. The molecule has 0 spiro atoms. The van der Waals surface area contributed by atoms with Gasteiger partial charge in [-0.15, -0.1) is 0 Å². The highest BCUT2D eigenvalue weighted by molar-refractivity contribution is 7.92. The average Bonchev–Trinajstić information content (AvgIpc) is 3.48. The molecule has 13 nitrogen and oxygen atoms in total. The third-order valence-electron chi connectivity index (χ3n) is 7.67. The normalized spacial score (nSPS) is 16.4. The third-order valence-corrected chi connectivity index (χ3v) is 11.5. The Balaban J connectivity index is 1.58. The maximum atomic E-state index is 15.7. The van der Waals surface area contributed by atoms with Crippen LogP contribution in [0, 0.1) is 5.82 Å². The van der Waals surface area contributed by atoms with E-state index in [2.05, 4.69) is 15.5 Å². The van der Waals surface area contributed by atoms with Gasteiger partial charge in [-0.25, -0.2) is 26.0 Å². The van der Waals surface area contributed by atoms with Crippen LogP contribution < -0.4 is 15.0 Å². The lowest BCUT2D eigenvalue weighted by molar-refractivity contribution is -0.120. The molecule has 0 aliphatic carbocycles. The van der Waals surface area contributed by atoms with E-state index in [1.54, 1.807) is 57.2 Å². The van der Waals surface area contributed by atoms with Gasteiger partial charge in [0.15, 0.2) is 19.7 Å². The fraction of sp³-hybridized carbons (Fsp3) is 0.333. The van der Waals surface area contributed by atoms with Crippen molar-refractivity contribution in [1.29, 1.82) is 0 Å². The molecule has 0 fully saturated rings. The Hall–Kier alpha value is -4.83. The van der Waals surface area contributed by atoms with E-state index in [0.29, 0.717) is 17.1 Å². The van der Waals surface area contributed by atoms with Gasteiger partial charge in [-0.2, -0.15) is 4.98 Å². The van der Waals surface area contributed by atoms with E-state index >= 15 is 4.39 Å². The summed E-state index contributed by atoms with van der Waals surface area (Å²) in [6.07, 6.45) is -0.0370. The summed E-state index contributed by atoms with van der Waals surface area (Å²) in [5.41, 5.74) is -0.974. The summed E-state index contributed by atoms with van der Waals surface area (Å²) >= 11 is 0. The number of halogens is 1. The molecule has 1 aromatic heterocycles. The van der Waals surface area contributed by atoms with Gasteiger partial charge in [-0.3, -0.25) is 4.79 Å². The summed E-state index contributed by atoms with van der Waals surface area (Å²) in [5, 5.41) is 6.13. The Kier molecular flexibility index (Phi) is 9.33. The molecule has 2 amide bonds. The molecule has 1 N–H and O–H groups in total. The molecule has 0 radical (unpaired) electrons. The summed E-state index contributed by atoms with van der Waals surface area (Å²) in [5.74, 6) is -2.36. The lowest BCUT2D eigenvalue weighted by Crippen LogP contribution is -2.51.